The first-order valence-corrected chi connectivity index (χ1v) is 6.49. The first-order chi connectivity index (χ1) is 11.0. The van der Waals surface area contributed by atoms with E-state index in [9.17, 15) is 18.4 Å². The Bertz CT molecular complexity index is 741. The van der Waals surface area contributed by atoms with Gasteiger partial charge in [-0.1, -0.05) is 6.07 Å². The van der Waals surface area contributed by atoms with Crippen molar-refractivity contribution in [2.45, 2.75) is 0 Å². The van der Waals surface area contributed by atoms with Crippen LogP contribution in [0.1, 0.15) is 20.7 Å². The van der Waals surface area contributed by atoms with Crippen molar-refractivity contribution in [3.8, 4) is 5.75 Å². The van der Waals surface area contributed by atoms with E-state index in [2.05, 4.69) is 10.1 Å². The molecular weight excluding hydrogens is 308 g/mol. The topological polar surface area (TPSA) is 64.6 Å². The lowest BCUT2D eigenvalue weighted by molar-refractivity contribution is 0.0600. The molecule has 7 heteroatoms. The van der Waals surface area contributed by atoms with Gasteiger partial charge in [0.1, 0.15) is 23.1 Å². The molecule has 2 aromatic rings. The quantitative estimate of drug-likeness (QED) is 0.879. The van der Waals surface area contributed by atoms with Gasteiger partial charge in [0.15, 0.2) is 0 Å². The molecule has 5 nitrogen and oxygen atoms in total. The summed E-state index contributed by atoms with van der Waals surface area (Å²) < 4.78 is 36.8. The van der Waals surface area contributed by atoms with E-state index in [1.165, 1.54) is 38.5 Å². The predicted molar refractivity (Wildman–Crippen MR) is 78.6 cm³/mol. The van der Waals surface area contributed by atoms with Gasteiger partial charge in [0.2, 0.25) is 0 Å². The van der Waals surface area contributed by atoms with Crippen LogP contribution in [0.5, 0.6) is 5.75 Å². The van der Waals surface area contributed by atoms with Crippen LogP contribution < -0.4 is 10.1 Å². The number of ether oxygens (including phenoxy) is 2. The van der Waals surface area contributed by atoms with Crippen molar-refractivity contribution in [2.75, 3.05) is 19.5 Å². The van der Waals surface area contributed by atoms with Crippen molar-refractivity contribution in [1.29, 1.82) is 0 Å². The average molecular weight is 321 g/mol. The van der Waals surface area contributed by atoms with Crippen LogP contribution in [0, 0.1) is 11.6 Å². The average Bonchev–Trinajstić information content (AvgIpc) is 2.56. The highest BCUT2D eigenvalue weighted by Crippen LogP contribution is 2.24. The zero-order valence-electron chi connectivity index (χ0n) is 12.4. The van der Waals surface area contributed by atoms with Gasteiger partial charge in [0.25, 0.3) is 5.91 Å². The number of carbonyl (C=O) groups excluding carboxylic acids is 2. The minimum Gasteiger partial charge on any atom is -0.496 e. The Morgan fingerprint density at radius 2 is 1.70 bits per heavy atom. The van der Waals surface area contributed by atoms with Gasteiger partial charge in [-0.05, 0) is 30.3 Å². The third kappa shape index (κ3) is 3.45. The lowest BCUT2D eigenvalue weighted by Crippen LogP contribution is -2.16. The minimum atomic E-state index is -0.915. The number of halogens is 2. The summed E-state index contributed by atoms with van der Waals surface area (Å²) in [5.74, 6) is -3.16. The monoisotopic (exact) mass is 321 g/mol. The predicted octanol–water partition coefficient (Wildman–Crippen LogP) is 3.01. The number of hydrogen-bond donors (Lipinski definition) is 1. The highest BCUT2D eigenvalue weighted by molar-refractivity contribution is 6.07. The van der Waals surface area contributed by atoms with Crippen molar-refractivity contribution in [2.24, 2.45) is 0 Å². The fourth-order valence-electron chi connectivity index (χ4n) is 1.93. The maximum atomic E-state index is 13.6. The molecule has 0 unspecified atom stereocenters. The largest absolute Gasteiger partial charge is 0.496 e. The summed E-state index contributed by atoms with van der Waals surface area (Å²) in [5.41, 5.74) is -0.534. The molecule has 120 valence electrons. The van der Waals surface area contributed by atoms with E-state index >= 15 is 0 Å². The standard InChI is InChI=1S/C16H13F2NO4/c1-22-13-7-6-9(16(21)23-2)8-10(13)15(20)19-14-11(17)4-3-5-12(14)18/h3-8H,1-2H3,(H,19,20). The smallest absolute Gasteiger partial charge is 0.337 e. The van der Waals surface area contributed by atoms with Gasteiger partial charge >= 0.3 is 5.97 Å². The van der Waals surface area contributed by atoms with Crippen LogP contribution in [0.25, 0.3) is 0 Å². The summed E-state index contributed by atoms with van der Waals surface area (Å²) in [5, 5.41) is 2.13. The van der Waals surface area contributed by atoms with Crippen LogP contribution in [-0.4, -0.2) is 26.1 Å². The van der Waals surface area contributed by atoms with Gasteiger partial charge < -0.3 is 14.8 Å². The van der Waals surface area contributed by atoms with Crippen LogP contribution in [0.15, 0.2) is 36.4 Å². The molecule has 2 rings (SSSR count). The third-order valence-corrected chi connectivity index (χ3v) is 3.07. The van der Waals surface area contributed by atoms with Gasteiger partial charge in [-0.15, -0.1) is 0 Å². The summed E-state index contributed by atoms with van der Waals surface area (Å²) in [6.07, 6.45) is 0. The number of methoxy groups -OCH3 is 2. The minimum absolute atomic E-state index is 0.0574. The molecule has 0 aliphatic heterocycles. The molecule has 0 saturated heterocycles. The molecule has 1 amide bonds. The SMILES string of the molecule is COC(=O)c1ccc(OC)c(C(=O)Nc2c(F)cccc2F)c1. The fourth-order valence-corrected chi connectivity index (χ4v) is 1.93. The zero-order valence-corrected chi connectivity index (χ0v) is 12.4. The van der Waals surface area contributed by atoms with Crippen molar-refractivity contribution < 1.29 is 27.8 Å². The van der Waals surface area contributed by atoms with Crippen LogP contribution >= 0.6 is 0 Å². The second kappa shape index (κ2) is 6.87. The molecule has 0 saturated carbocycles. The second-order valence-electron chi connectivity index (χ2n) is 4.46. The lowest BCUT2D eigenvalue weighted by atomic mass is 10.1. The number of para-hydroxylation sites is 1. The number of hydrogen-bond acceptors (Lipinski definition) is 4. The summed E-state index contributed by atoms with van der Waals surface area (Å²) in [4.78, 5) is 23.8. The number of amides is 1. The lowest BCUT2D eigenvalue weighted by Gasteiger charge is -2.11. The van der Waals surface area contributed by atoms with Crippen molar-refractivity contribution in [3.05, 3.63) is 59.2 Å². The molecule has 0 atom stereocenters. The van der Waals surface area contributed by atoms with Gasteiger partial charge in [0, 0.05) is 0 Å². The summed E-state index contributed by atoms with van der Waals surface area (Å²) in [7, 11) is 2.52. The van der Waals surface area contributed by atoms with E-state index in [0.717, 1.165) is 12.1 Å². The highest BCUT2D eigenvalue weighted by atomic mass is 19.1. The molecule has 0 heterocycles. The molecule has 0 aliphatic rings. The molecule has 0 aliphatic carbocycles. The Kier molecular flexibility index (Phi) is 4.90. The van der Waals surface area contributed by atoms with E-state index in [0.29, 0.717) is 0 Å². The molecule has 23 heavy (non-hydrogen) atoms. The number of rotatable bonds is 4. The molecule has 2 aromatic carbocycles. The zero-order chi connectivity index (χ0) is 17.0. The molecule has 0 bridgehead atoms. The van der Waals surface area contributed by atoms with Crippen molar-refractivity contribution in [3.63, 3.8) is 0 Å². The Labute approximate surface area is 130 Å². The molecule has 1 N–H and O–H groups in total. The second-order valence-corrected chi connectivity index (χ2v) is 4.46. The first-order valence-electron chi connectivity index (χ1n) is 6.49. The number of nitrogens with one attached hydrogen (secondary N) is 1. The molecule has 0 radical (unpaired) electrons. The first kappa shape index (κ1) is 16.4. The number of carbonyl (C=O) groups is 2. The van der Waals surface area contributed by atoms with Crippen molar-refractivity contribution >= 4 is 17.6 Å². The number of benzene rings is 2. The van der Waals surface area contributed by atoms with Crippen LogP contribution in [0.4, 0.5) is 14.5 Å². The molecule has 0 fully saturated rings. The maximum Gasteiger partial charge on any atom is 0.337 e. The Hall–Kier alpha value is -2.96. The van der Waals surface area contributed by atoms with Gasteiger partial charge in [0.05, 0.1) is 25.3 Å². The Morgan fingerprint density at radius 1 is 1.04 bits per heavy atom. The number of esters is 1. The molecule has 0 spiro atoms. The van der Waals surface area contributed by atoms with Gasteiger partial charge in [-0.2, -0.15) is 0 Å². The van der Waals surface area contributed by atoms with E-state index in [-0.39, 0.29) is 16.9 Å². The van der Waals surface area contributed by atoms with E-state index in [1.807, 2.05) is 0 Å². The van der Waals surface area contributed by atoms with Crippen LogP contribution in [-0.2, 0) is 4.74 Å². The third-order valence-electron chi connectivity index (χ3n) is 3.07. The van der Waals surface area contributed by atoms with Crippen molar-refractivity contribution in [1.82, 2.24) is 0 Å². The summed E-state index contributed by atoms with van der Waals surface area (Å²) >= 11 is 0. The van der Waals surface area contributed by atoms with Gasteiger partial charge in [-0.25, -0.2) is 13.6 Å². The molecular formula is C16H13F2NO4. The van der Waals surface area contributed by atoms with E-state index in [1.54, 1.807) is 0 Å². The van der Waals surface area contributed by atoms with E-state index < -0.39 is 29.2 Å². The van der Waals surface area contributed by atoms with Crippen LogP contribution in [0.3, 0.4) is 0 Å². The Balaban J connectivity index is 2.40. The summed E-state index contributed by atoms with van der Waals surface area (Å²) in [6, 6.07) is 7.23. The fraction of sp³-hybridized carbons (Fsp3) is 0.125. The summed E-state index contributed by atoms with van der Waals surface area (Å²) in [6.45, 7) is 0. The number of anilines is 1. The van der Waals surface area contributed by atoms with Gasteiger partial charge in [-0.3, -0.25) is 4.79 Å². The Morgan fingerprint density at radius 3 is 2.26 bits per heavy atom. The van der Waals surface area contributed by atoms with Crippen LogP contribution in [0.2, 0.25) is 0 Å². The highest BCUT2D eigenvalue weighted by Gasteiger charge is 2.19. The molecule has 0 aromatic heterocycles. The van der Waals surface area contributed by atoms with E-state index in [4.69, 9.17) is 4.74 Å². The maximum absolute atomic E-state index is 13.6. The normalized spacial score (nSPS) is 10.1.